The summed E-state index contributed by atoms with van der Waals surface area (Å²) in [5, 5.41) is 5.34. The first-order chi connectivity index (χ1) is 27.2. The van der Waals surface area contributed by atoms with E-state index >= 15 is 9.59 Å². The van der Waals surface area contributed by atoms with Crippen molar-refractivity contribution >= 4 is 59.9 Å². The second-order valence-corrected chi connectivity index (χ2v) is 19.8. The minimum Gasteiger partial charge on any atom is -0.309 e. The number of nitrogens with zero attached hydrogens (tertiary/aromatic N) is 2. The maximum atomic E-state index is 15.4. The van der Waals surface area contributed by atoms with Gasteiger partial charge in [-0.15, -0.1) is 0 Å². The average Bonchev–Trinajstić information content (AvgIpc) is 3.84. The number of hydrogen-bond acceptors (Lipinski definition) is 2. The average molecular weight is 731 g/mol. The van der Waals surface area contributed by atoms with Gasteiger partial charge in [0.15, 0.2) is 10.9 Å². The number of pyridine rings is 2. The molecule has 0 saturated heterocycles. The Morgan fingerprint density at radius 3 is 1.77 bits per heavy atom. The molecule has 276 valence electrons. The standard InChI is InChI=1S/C52H46N2O2/c1-24-13-26(3)45-38(15-24)39-16-25(2)14-27(4)46(39)53(45)32-22-40-47-41(23-32)51(56)34-8-6-10-43-49(34)54(47)48-33(50(40)55)7-5-9-42(48)52(43)31-12-11-29(20-31)35-18-28-17-30-21-36(35)37(19-28)44(30)52/h5-10,13-16,22-23,28-31,35-37,44H,11-12,17-21H2,1-4H3. The zero-order chi connectivity index (χ0) is 37.3. The van der Waals surface area contributed by atoms with Gasteiger partial charge in [0, 0.05) is 43.4 Å². The minimum atomic E-state index is -0.177. The molecule has 3 aromatic heterocycles. The summed E-state index contributed by atoms with van der Waals surface area (Å²) in [6.07, 6.45) is 9.51. The highest BCUT2D eigenvalue weighted by molar-refractivity contribution is 6.14. The fourth-order valence-electron chi connectivity index (χ4n) is 16.1. The van der Waals surface area contributed by atoms with Crippen molar-refractivity contribution in [2.75, 3.05) is 0 Å². The molecule has 0 radical (unpaired) electrons. The van der Waals surface area contributed by atoms with Gasteiger partial charge >= 0.3 is 0 Å². The van der Waals surface area contributed by atoms with Gasteiger partial charge in [-0.3, -0.25) is 9.59 Å². The molecule has 1 spiro atoms. The molecule has 5 aromatic carbocycles. The Labute approximate surface area is 325 Å². The molecule has 4 heterocycles. The first-order valence-corrected chi connectivity index (χ1v) is 21.6. The second-order valence-electron chi connectivity index (χ2n) is 19.8. The zero-order valence-electron chi connectivity index (χ0n) is 32.7. The molecule has 0 amide bonds. The molecule has 8 aromatic rings. The van der Waals surface area contributed by atoms with Gasteiger partial charge in [-0.25, -0.2) is 0 Å². The molecule has 8 atom stereocenters. The maximum Gasteiger partial charge on any atom is 0.197 e. The molecule has 8 bridgehead atoms. The number of para-hydroxylation sites is 2. The van der Waals surface area contributed by atoms with E-state index in [0.717, 1.165) is 79.6 Å². The zero-order valence-corrected chi connectivity index (χ0v) is 32.7. The van der Waals surface area contributed by atoms with Crippen LogP contribution in [0.15, 0.2) is 82.4 Å². The van der Waals surface area contributed by atoms with Gasteiger partial charge < -0.3 is 8.97 Å². The quantitative estimate of drug-likeness (QED) is 0.125. The van der Waals surface area contributed by atoms with Crippen LogP contribution < -0.4 is 10.9 Å². The van der Waals surface area contributed by atoms with E-state index in [2.05, 4.69) is 109 Å². The molecule has 4 nitrogen and oxygen atoms in total. The highest BCUT2D eigenvalue weighted by Gasteiger charge is 2.67. The molecule has 5 saturated carbocycles. The molecule has 5 fully saturated rings. The summed E-state index contributed by atoms with van der Waals surface area (Å²) in [5.74, 6) is 6.02. The molecule has 6 aliphatic rings. The Morgan fingerprint density at radius 2 is 1.14 bits per heavy atom. The van der Waals surface area contributed by atoms with Crippen molar-refractivity contribution in [1.82, 2.24) is 8.97 Å². The van der Waals surface area contributed by atoms with Crippen molar-refractivity contribution in [2.45, 2.75) is 78.1 Å². The first kappa shape index (κ1) is 31.2. The van der Waals surface area contributed by atoms with Crippen LogP contribution >= 0.6 is 0 Å². The molecular weight excluding hydrogens is 685 g/mol. The normalized spacial score (nSPS) is 29.2. The maximum absolute atomic E-state index is 15.4. The Morgan fingerprint density at radius 1 is 0.536 bits per heavy atom. The summed E-state index contributed by atoms with van der Waals surface area (Å²) in [4.78, 5) is 30.8. The predicted octanol–water partition coefficient (Wildman–Crippen LogP) is 11.2. The Kier molecular flexibility index (Phi) is 5.53. The first-order valence-electron chi connectivity index (χ1n) is 21.6. The van der Waals surface area contributed by atoms with Crippen LogP contribution in [-0.2, 0) is 5.41 Å². The third-order valence-electron chi connectivity index (χ3n) is 17.3. The van der Waals surface area contributed by atoms with Crippen molar-refractivity contribution in [3.05, 3.63) is 127 Å². The largest absolute Gasteiger partial charge is 0.309 e. The monoisotopic (exact) mass is 730 g/mol. The number of hydrogen-bond donors (Lipinski definition) is 0. The lowest BCUT2D eigenvalue weighted by Crippen LogP contribution is -2.53. The smallest absolute Gasteiger partial charge is 0.197 e. The fourth-order valence-corrected chi connectivity index (χ4v) is 16.1. The van der Waals surface area contributed by atoms with E-state index in [9.17, 15) is 0 Å². The van der Waals surface area contributed by atoms with Gasteiger partial charge in [0.2, 0.25) is 0 Å². The molecule has 56 heavy (non-hydrogen) atoms. The lowest BCUT2D eigenvalue weighted by atomic mass is 9.46. The van der Waals surface area contributed by atoms with E-state index in [1.165, 1.54) is 89.1 Å². The molecular formula is C52H46N2O2. The van der Waals surface area contributed by atoms with Crippen molar-refractivity contribution < 1.29 is 0 Å². The Bertz CT molecular complexity index is 3110. The highest BCUT2D eigenvalue weighted by atomic mass is 16.1. The van der Waals surface area contributed by atoms with Crippen molar-refractivity contribution in [3.8, 4) is 5.69 Å². The third-order valence-corrected chi connectivity index (χ3v) is 17.3. The number of aromatic nitrogens is 2. The summed E-state index contributed by atoms with van der Waals surface area (Å²) >= 11 is 0. The second kappa shape index (κ2) is 9.94. The van der Waals surface area contributed by atoms with Crippen LogP contribution in [0.4, 0.5) is 0 Å². The third kappa shape index (κ3) is 3.34. The summed E-state index contributed by atoms with van der Waals surface area (Å²) in [5.41, 5.74) is 13.7. The highest BCUT2D eigenvalue weighted by Crippen LogP contribution is 2.73. The SMILES string of the molecule is Cc1cc(C)c2c(c1)c1cc(C)cc(C)c1n2-c1cc2c(=O)c3cccc4c3n3c5c(cccc5c(=O)c(c1)c23)C41C2CCC(C2)C2CC3CC4CC2C(C3)C41. The molecule has 4 heteroatoms. The van der Waals surface area contributed by atoms with Crippen LogP contribution in [0.2, 0.25) is 0 Å². The summed E-state index contributed by atoms with van der Waals surface area (Å²) in [6.45, 7) is 8.72. The number of benzene rings is 5. The molecule has 1 aliphatic heterocycles. The van der Waals surface area contributed by atoms with Crippen LogP contribution in [-0.4, -0.2) is 8.97 Å². The number of aryl methyl sites for hydroxylation is 4. The van der Waals surface area contributed by atoms with E-state index in [1.807, 2.05) is 0 Å². The van der Waals surface area contributed by atoms with E-state index in [4.69, 9.17) is 0 Å². The van der Waals surface area contributed by atoms with Gasteiger partial charge in [0.05, 0.1) is 27.6 Å². The molecule has 0 N–H and O–H groups in total. The number of rotatable bonds is 1. The van der Waals surface area contributed by atoms with Gasteiger partial charge in [-0.05, 0) is 179 Å². The van der Waals surface area contributed by atoms with Crippen LogP contribution in [0.5, 0.6) is 0 Å². The van der Waals surface area contributed by atoms with E-state index in [1.54, 1.807) is 0 Å². The predicted molar refractivity (Wildman–Crippen MR) is 228 cm³/mol. The Hall–Kier alpha value is -4.96. The van der Waals surface area contributed by atoms with E-state index in [0.29, 0.717) is 22.6 Å². The van der Waals surface area contributed by atoms with Crippen LogP contribution in [0.1, 0.15) is 78.3 Å². The lowest BCUT2D eigenvalue weighted by molar-refractivity contribution is -0.0125. The molecule has 5 aliphatic carbocycles. The van der Waals surface area contributed by atoms with Gasteiger partial charge in [-0.2, -0.15) is 0 Å². The lowest BCUT2D eigenvalue weighted by Gasteiger charge is -2.57. The minimum absolute atomic E-state index is 0.0590. The fraction of sp³-hybridized carbons (Fsp3) is 0.385. The van der Waals surface area contributed by atoms with Gasteiger partial charge in [-0.1, -0.05) is 47.5 Å². The van der Waals surface area contributed by atoms with Crippen molar-refractivity contribution in [3.63, 3.8) is 0 Å². The van der Waals surface area contributed by atoms with Gasteiger partial charge in [0.1, 0.15) is 0 Å². The van der Waals surface area contributed by atoms with E-state index < -0.39 is 0 Å². The van der Waals surface area contributed by atoms with E-state index in [-0.39, 0.29) is 16.3 Å². The number of fused-ring (bicyclic) bond motifs is 10. The summed E-state index contributed by atoms with van der Waals surface area (Å²) in [7, 11) is 0. The topological polar surface area (TPSA) is 43.5 Å². The van der Waals surface area contributed by atoms with Crippen molar-refractivity contribution in [1.29, 1.82) is 0 Å². The van der Waals surface area contributed by atoms with Crippen LogP contribution in [0, 0.1) is 75.0 Å². The van der Waals surface area contributed by atoms with Crippen LogP contribution in [0.25, 0.3) is 65.6 Å². The molecule has 14 rings (SSSR count). The van der Waals surface area contributed by atoms with Gasteiger partial charge in [0.25, 0.3) is 0 Å². The van der Waals surface area contributed by atoms with Crippen LogP contribution in [0.3, 0.4) is 0 Å². The van der Waals surface area contributed by atoms with Crippen molar-refractivity contribution in [2.24, 2.45) is 47.3 Å². The Balaban J connectivity index is 1.15. The summed E-state index contributed by atoms with van der Waals surface area (Å²) < 4.78 is 4.78. The molecule has 8 unspecified atom stereocenters. The summed E-state index contributed by atoms with van der Waals surface area (Å²) in [6, 6.07) is 26.8.